The minimum Gasteiger partial charge on any atom is -0.341 e. The molecule has 0 radical (unpaired) electrons. The smallest absolute Gasteiger partial charge is 0.179 e. The second-order valence-electron chi connectivity index (χ2n) is 15.9. The van der Waals surface area contributed by atoms with Crippen LogP contribution >= 0.6 is 0 Å². The number of nitrogens with zero attached hydrogens (tertiary/aromatic N) is 3. The Balaban J connectivity index is 1.12. The number of benzene rings is 10. The van der Waals surface area contributed by atoms with E-state index in [0.717, 1.165) is 36.4 Å². The largest absolute Gasteiger partial charge is 0.341 e. The van der Waals surface area contributed by atoms with Crippen molar-refractivity contribution >= 4 is 89.6 Å². The van der Waals surface area contributed by atoms with Crippen LogP contribution < -0.4 is 30.5 Å². The minimum atomic E-state index is -2.73. The molecule has 0 aromatic heterocycles. The molecule has 0 amide bonds. The molecule has 3 nitrogen and oxygen atoms in total. The van der Waals surface area contributed by atoms with Gasteiger partial charge in [0.15, 0.2) is 8.07 Å². The van der Waals surface area contributed by atoms with Gasteiger partial charge < -0.3 is 9.80 Å². The van der Waals surface area contributed by atoms with Crippen molar-refractivity contribution in [3.63, 3.8) is 0 Å². The Morgan fingerprint density at radius 2 is 1.03 bits per heavy atom. The number of rotatable bonds is 8. The van der Waals surface area contributed by atoms with Crippen LogP contribution in [0.4, 0.5) is 28.4 Å². The average molecular weight is 784 g/mol. The molecule has 0 saturated carbocycles. The predicted molar refractivity (Wildman–Crippen MR) is 255 cm³/mol. The van der Waals surface area contributed by atoms with Crippen LogP contribution in [0.15, 0.2) is 212 Å². The van der Waals surface area contributed by atoms with Crippen LogP contribution in [0.1, 0.15) is 17.5 Å². The van der Waals surface area contributed by atoms with Crippen LogP contribution in [-0.4, -0.2) is 14.6 Å². The van der Waals surface area contributed by atoms with Gasteiger partial charge in [-0.25, -0.2) is 0 Å². The molecule has 0 saturated heterocycles. The molecular weight excluding hydrogens is 743 g/mol. The van der Waals surface area contributed by atoms with Gasteiger partial charge in [0, 0.05) is 40.1 Å². The molecular formula is C56H41N3Si. The molecule has 10 aromatic carbocycles. The molecule has 0 aliphatic carbocycles. The monoisotopic (exact) mass is 783 g/mol. The van der Waals surface area contributed by atoms with Crippen LogP contribution in [-0.2, 0) is 6.42 Å². The third-order valence-corrected chi connectivity index (χ3v) is 17.5. The zero-order valence-corrected chi connectivity index (χ0v) is 34.2. The van der Waals surface area contributed by atoms with E-state index in [-0.39, 0.29) is 0 Å². The molecule has 4 heteroatoms. The lowest BCUT2D eigenvalue weighted by Crippen LogP contribution is -2.74. The summed E-state index contributed by atoms with van der Waals surface area (Å²) in [6.45, 7) is 0.994. The first-order valence-corrected chi connectivity index (χ1v) is 22.9. The lowest BCUT2D eigenvalue weighted by atomic mass is 9.91. The van der Waals surface area contributed by atoms with Crippen molar-refractivity contribution in [2.24, 2.45) is 0 Å². The Morgan fingerprint density at radius 1 is 0.467 bits per heavy atom. The molecule has 284 valence electrons. The van der Waals surface area contributed by atoms with E-state index in [0.29, 0.717) is 5.56 Å². The number of para-hydroxylation sites is 1. The van der Waals surface area contributed by atoms with Gasteiger partial charge in [-0.3, -0.25) is 0 Å². The standard InChI is InChI=1S/C56H41N3Si/c57-39-40-14-12-17-45(38-40)59(44-29-31-49(32-30-44)60(46-18-4-1-5-19-46,47-20-6-2-7-21-47)48-22-8-3-9-23-48)54-36-28-43-25-33-50-53(35-27-42-26-34-51(54)56(43)55(42)50)58-37-13-16-41-15-10-11-24-52(41)58/h1-12,14-15,17-36,38H,13,16,37H2. The molecule has 0 unspecified atom stereocenters. The second-order valence-corrected chi connectivity index (χ2v) is 19.7. The highest BCUT2D eigenvalue weighted by Crippen LogP contribution is 2.47. The molecule has 1 heterocycles. The van der Waals surface area contributed by atoms with Crippen molar-refractivity contribution in [1.29, 1.82) is 5.26 Å². The fourth-order valence-corrected chi connectivity index (χ4v) is 14.8. The Morgan fingerprint density at radius 3 is 1.70 bits per heavy atom. The summed E-state index contributed by atoms with van der Waals surface area (Å²) in [6, 6.07) is 80.1. The van der Waals surface area contributed by atoms with E-state index in [1.54, 1.807) is 0 Å². The summed E-state index contributed by atoms with van der Waals surface area (Å²) in [5.74, 6) is 0. The maximum absolute atomic E-state index is 10.1. The second kappa shape index (κ2) is 14.7. The third-order valence-electron chi connectivity index (χ3n) is 12.7. The van der Waals surface area contributed by atoms with Crippen LogP contribution in [0.2, 0.25) is 0 Å². The topological polar surface area (TPSA) is 30.3 Å². The molecule has 1 aliphatic heterocycles. The molecule has 0 atom stereocenters. The van der Waals surface area contributed by atoms with E-state index < -0.39 is 8.07 Å². The summed E-state index contributed by atoms with van der Waals surface area (Å²) in [5, 5.41) is 22.9. The van der Waals surface area contributed by atoms with Gasteiger partial charge in [-0.15, -0.1) is 0 Å². The van der Waals surface area contributed by atoms with Crippen molar-refractivity contribution in [1.82, 2.24) is 0 Å². The summed E-state index contributed by atoms with van der Waals surface area (Å²) < 4.78 is 0. The van der Waals surface area contributed by atoms with Crippen LogP contribution in [0.25, 0.3) is 32.3 Å². The molecule has 0 fully saturated rings. The number of anilines is 5. The predicted octanol–water partition coefficient (Wildman–Crippen LogP) is 11.4. The maximum atomic E-state index is 10.1. The van der Waals surface area contributed by atoms with Gasteiger partial charge in [0.25, 0.3) is 0 Å². The highest BCUT2D eigenvalue weighted by Gasteiger charge is 2.41. The first kappa shape index (κ1) is 35.7. The highest BCUT2D eigenvalue weighted by atomic mass is 28.3. The van der Waals surface area contributed by atoms with E-state index in [2.05, 4.69) is 210 Å². The van der Waals surface area contributed by atoms with Crippen LogP contribution in [0.5, 0.6) is 0 Å². The van der Waals surface area contributed by atoms with Gasteiger partial charge in [-0.1, -0.05) is 164 Å². The van der Waals surface area contributed by atoms with Gasteiger partial charge in [0.05, 0.1) is 17.3 Å². The fourth-order valence-electron chi connectivity index (χ4n) is 10.1. The van der Waals surface area contributed by atoms with Gasteiger partial charge >= 0.3 is 0 Å². The van der Waals surface area contributed by atoms with Crippen molar-refractivity contribution in [3.05, 3.63) is 223 Å². The summed E-state index contributed by atoms with van der Waals surface area (Å²) in [6.07, 6.45) is 2.24. The van der Waals surface area contributed by atoms with E-state index in [1.165, 1.54) is 70.0 Å². The van der Waals surface area contributed by atoms with Gasteiger partial charge in [0.1, 0.15) is 0 Å². The fraction of sp³-hybridized carbons (Fsp3) is 0.0536. The van der Waals surface area contributed by atoms with Gasteiger partial charge in [0.2, 0.25) is 0 Å². The van der Waals surface area contributed by atoms with E-state index in [4.69, 9.17) is 0 Å². The zero-order chi connectivity index (χ0) is 40.0. The lowest BCUT2D eigenvalue weighted by Gasteiger charge is -2.35. The molecule has 1 aliphatic rings. The highest BCUT2D eigenvalue weighted by molar-refractivity contribution is 7.19. The van der Waals surface area contributed by atoms with Gasteiger partial charge in [-0.05, 0) is 109 Å². The molecule has 0 N–H and O–H groups in total. The van der Waals surface area contributed by atoms with E-state index in [1.807, 2.05) is 18.2 Å². The molecule has 60 heavy (non-hydrogen) atoms. The quantitative estimate of drug-likeness (QED) is 0.0873. The van der Waals surface area contributed by atoms with E-state index >= 15 is 0 Å². The number of fused-ring (bicyclic) bond motifs is 1. The molecule has 10 aromatic rings. The summed E-state index contributed by atoms with van der Waals surface area (Å²) in [5.41, 5.74) is 7.66. The summed E-state index contributed by atoms with van der Waals surface area (Å²) >= 11 is 0. The number of hydrogen-bond acceptors (Lipinski definition) is 3. The maximum Gasteiger partial charge on any atom is 0.179 e. The number of aryl methyl sites for hydroxylation is 1. The Labute approximate surface area is 352 Å². The first-order valence-electron chi connectivity index (χ1n) is 20.9. The minimum absolute atomic E-state index is 0.627. The Kier molecular flexibility index (Phi) is 8.76. The van der Waals surface area contributed by atoms with Crippen molar-refractivity contribution < 1.29 is 0 Å². The summed E-state index contributed by atoms with van der Waals surface area (Å²) in [7, 11) is -2.73. The zero-order valence-electron chi connectivity index (χ0n) is 33.2. The van der Waals surface area contributed by atoms with Crippen molar-refractivity contribution in [3.8, 4) is 6.07 Å². The third kappa shape index (κ3) is 5.70. The van der Waals surface area contributed by atoms with Crippen LogP contribution in [0, 0.1) is 11.3 Å². The van der Waals surface area contributed by atoms with E-state index in [9.17, 15) is 5.26 Å². The molecule has 0 bridgehead atoms. The Bertz CT molecular complexity index is 3100. The molecule has 11 rings (SSSR count). The lowest BCUT2D eigenvalue weighted by molar-refractivity contribution is 0.768. The summed E-state index contributed by atoms with van der Waals surface area (Å²) in [4.78, 5) is 4.87. The van der Waals surface area contributed by atoms with Crippen molar-refractivity contribution in [2.75, 3.05) is 16.3 Å². The van der Waals surface area contributed by atoms with Crippen LogP contribution in [0.3, 0.4) is 0 Å². The normalized spacial score (nSPS) is 12.8. The number of hydrogen-bond donors (Lipinski definition) is 0. The van der Waals surface area contributed by atoms with Gasteiger partial charge in [-0.2, -0.15) is 5.26 Å². The SMILES string of the molecule is N#Cc1cccc(N(c2ccc([Si](c3ccccc3)(c3ccccc3)c3ccccc3)cc2)c2ccc3ccc4c(N5CCCc6ccccc65)ccc5ccc2c3c54)c1. The average Bonchev–Trinajstić information content (AvgIpc) is 3.33. The van der Waals surface area contributed by atoms with Crippen molar-refractivity contribution in [2.45, 2.75) is 12.8 Å². The molecule has 0 spiro atoms. The number of nitriles is 1. The Hall–Kier alpha value is -7.45. The first-order chi connectivity index (χ1) is 29.7.